The molecule has 2 amide bonds. The van der Waals surface area contributed by atoms with Gasteiger partial charge in [0, 0.05) is 26.9 Å². The molecule has 0 fully saturated rings. The van der Waals surface area contributed by atoms with Gasteiger partial charge in [-0.1, -0.05) is 19.1 Å². The summed E-state index contributed by atoms with van der Waals surface area (Å²) in [4.78, 5) is 23.7. The van der Waals surface area contributed by atoms with Crippen LogP contribution in [-0.2, 0) is 4.79 Å². The molecule has 0 saturated heterocycles. The Kier molecular flexibility index (Phi) is 5.54. The monoisotopic (exact) mass is 408 g/mol. The zero-order valence-electron chi connectivity index (χ0n) is 12.4. The lowest BCUT2D eigenvalue weighted by Crippen LogP contribution is -2.13. The van der Waals surface area contributed by atoms with Gasteiger partial charge in [0.25, 0.3) is 5.91 Å². The zero-order chi connectivity index (χ0) is 16.1. The van der Waals surface area contributed by atoms with Gasteiger partial charge in [0.15, 0.2) is 0 Å². The van der Waals surface area contributed by atoms with Gasteiger partial charge in [-0.15, -0.1) is 0 Å². The quantitative estimate of drug-likeness (QED) is 0.746. The minimum absolute atomic E-state index is 0.0587. The SMILES string of the molecule is CCC(=O)Nc1cccc(NC(=O)c2ccc(C)c(I)c2)c1. The fraction of sp³-hybridized carbons (Fsp3) is 0.176. The van der Waals surface area contributed by atoms with Crippen molar-refractivity contribution in [1.29, 1.82) is 0 Å². The molecule has 0 bridgehead atoms. The van der Waals surface area contributed by atoms with Gasteiger partial charge in [-0.2, -0.15) is 0 Å². The third-order valence-corrected chi connectivity index (χ3v) is 4.32. The van der Waals surface area contributed by atoms with Crippen LogP contribution in [0.3, 0.4) is 0 Å². The average Bonchev–Trinajstić information content (AvgIpc) is 2.50. The van der Waals surface area contributed by atoms with Crippen molar-refractivity contribution < 1.29 is 9.59 Å². The van der Waals surface area contributed by atoms with Crippen molar-refractivity contribution in [2.45, 2.75) is 20.3 Å². The molecule has 22 heavy (non-hydrogen) atoms. The maximum absolute atomic E-state index is 12.3. The van der Waals surface area contributed by atoms with Crippen molar-refractivity contribution in [3.05, 3.63) is 57.2 Å². The van der Waals surface area contributed by atoms with Crippen molar-refractivity contribution in [2.75, 3.05) is 10.6 Å². The number of halogens is 1. The smallest absolute Gasteiger partial charge is 0.255 e. The van der Waals surface area contributed by atoms with E-state index in [9.17, 15) is 9.59 Å². The predicted octanol–water partition coefficient (Wildman–Crippen LogP) is 4.20. The highest BCUT2D eigenvalue weighted by Crippen LogP contribution is 2.18. The number of hydrogen-bond acceptors (Lipinski definition) is 2. The predicted molar refractivity (Wildman–Crippen MR) is 97.2 cm³/mol. The van der Waals surface area contributed by atoms with Gasteiger partial charge in [-0.05, 0) is 65.4 Å². The first-order valence-electron chi connectivity index (χ1n) is 6.97. The van der Waals surface area contributed by atoms with Gasteiger partial charge in [0.05, 0.1) is 0 Å². The van der Waals surface area contributed by atoms with E-state index in [1.165, 1.54) is 0 Å². The lowest BCUT2D eigenvalue weighted by Gasteiger charge is -2.09. The van der Waals surface area contributed by atoms with Crippen molar-refractivity contribution in [2.24, 2.45) is 0 Å². The fourth-order valence-corrected chi connectivity index (χ4v) is 2.38. The number of rotatable bonds is 4. The number of amides is 2. The van der Waals surface area contributed by atoms with Crippen LogP contribution in [0.15, 0.2) is 42.5 Å². The maximum Gasteiger partial charge on any atom is 0.255 e. The number of hydrogen-bond donors (Lipinski definition) is 2. The van der Waals surface area contributed by atoms with Crippen molar-refractivity contribution in [3.8, 4) is 0 Å². The largest absolute Gasteiger partial charge is 0.326 e. The van der Waals surface area contributed by atoms with Crippen LogP contribution in [0, 0.1) is 10.5 Å². The Hall–Kier alpha value is -1.89. The van der Waals surface area contributed by atoms with E-state index in [1.807, 2.05) is 19.1 Å². The van der Waals surface area contributed by atoms with E-state index in [2.05, 4.69) is 33.2 Å². The molecular weight excluding hydrogens is 391 g/mol. The summed E-state index contributed by atoms with van der Waals surface area (Å²) in [6.45, 7) is 3.79. The molecule has 0 radical (unpaired) electrons. The summed E-state index contributed by atoms with van der Waals surface area (Å²) >= 11 is 2.21. The standard InChI is InChI=1S/C17H17IN2O2/c1-3-16(21)19-13-5-4-6-14(10-13)20-17(22)12-8-7-11(2)15(18)9-12/h4-10H,3H2,1-2H3,(H,19,21)(H,20,22). The van der Waals surface area contributed by atoms with Crippen LogP contribution in [0.4, 0.5) is 11.4 Å². The van der Waals surface area contributed by atoms with Crippen molar-refractivity contribution in [3.63, 3.8) is 0 Å². The van der Waals surface area contributed by atoms with Crippen LogP contribution in [-0.4, -0.2) is 11.8 Å². The molecule has 0 saturated carbocycles. The Balaban J connectivity index is 2.12. The number of carbonyl (C=O) groups is 2. The third kappa shape index (κ3) is 4.30. The summed E-state index contributed by atoms with van der Waals surface area (Å²) in [6.07, 6.45) is 0.415. The topological polar surface area (TPSA) is 58.2 Å². The van der Waals surface area contributed by atoms with E-state index < -0.39 is 0 Å². The van der Waals surface area contributed by atoms with Gasteiger partial charge < -0.3 is 10.6 Å². The molecule has 2 aromatic rings. The Morgan fingerprint density at radius 3 is 2.36 bits per heavy atom. The Bertz CT molecular complexity index is 714. The highest BCUT2D eigenvalue weighted by Gasteiger charge is 2.08. The van der Waals surface area contributed by atoms with Crippen LogP contribution in [0.25, 0.3) is 0 Å². The molecule has 114 valence electrons. The van der Waals surface area contributed by atoms with E-state index in [-0.39, 0.29) is 11.8 Å². The summed E-state index contributed by atoms with van der Waals surface area (Å²) in [7, 11) is 0. The van der Waals surface area contributed by atoms with Crippen LogP contribution in [0.5, 0.6) is 0 Å². The summed E-state index contributed by atoms with van der Waals surface area (Å²) in [5.41, 5.74) is 3.07. The molecule has 0 heterocycles. The second-order valence-corrected chi connectivity index (χ2v) is 6.06. The average molecular weight is 408 g/mol. The maximum atomic E-state index is 12.3. The summed E-state index contributed by atoms with van der Waals surface area (Å²) in [6, 6.07) is 12.7. The molecule has 0 atom stereocenters. The molecule has 2 rings (SSSR count). The van der Waals surface area contributed by atoms with Crippen LogP contribution < -0.4 is 10.6 Å². The molecule has 0 aromatic heterocycles. The van der Waals surface area contributed by atoms with E-state index in [0.717, 1.165) is 9.13 Å². The van der Waals surface area contributed by atoms with E-state index in [1.54, 1.807) is 37.3 Å². The molecule has 0 spiro atoms. The minimum atomic E-state index is -0.170. The van der Waals surface area contributed by atoms with Gasteiger partial charge in [0.1, 0.15) is 0 Å². The molecule has 4 nitrogen and oxygen atoms in total. The van der Waals surface area contributed by atoms with Gasteiger partial charge in [0.2, 0.25) is 5.91 Å². The molecule has 5 heteroatoms. The van der Waals surface area contributed by atoms with Gasteiger partial charge in [-0.3, -0.25) is 9.59 Å². The molecule has 2 aromatic carbocycles. The third-order valence-electron chi connectivity index (χ3n) is 3.16. The van der Waals surface area contributed by atoms with Crippen LogP contribution >= 0.6 is 22.6 Å². The molecule has 0 unspecified atom stereocenters. The van der Waals surface area contributed by atoms with E-state index in [4.69, 9.17) is 0 Å². The first kappa shape index (κ1) is 16.5. The highest BCUT2D eigenvalue weighted by atomic mass is 127. The Morgan fingerprint density at radius 1 is 1.05 bits per heavy atom. The summed E-state index contributed by atoms with van der Waals surface area (Å²) in [5, 5.41) is 5.61. The molecule has 0 aliphatic rings. The number of carbonyl (C=O) groups excluding carboxylic acids is 2. The summed E-state index contributed by atoms with van der Waals surface area (Å²) in [5.74, 6) is -0.228. The highest BCUT2D eigenvalue weighted by molar-refractivity contribution is 14.1. The van der Waals surface area contributed by atoms with Crippen molar-refractivity contribution in [1.82, 2.24) is 0 Å². The Morgan fingerprint density at radius 2 is 1.73 bits per heavy atom. The second kappa shape index (κ2) is 7.40. The molecule has 0 aliphatic heterocycles. The van der Waals surface area contributed by atoms with Crippen LogP contribution in [0.1, 0.15) is 29.3 Å². The zero-order valence-corrected chi connectivity index (χ0v) is 14.6. The lowest BCUT2D eigenvalue weighted by molar-refractivity contribution is -0.115. The lowest BCUT2D eigenvalue weighted by atomic mass is 10.1. The molecular formula is C17H17IN2O2. The first-order chi connectivity index (χ1) is 10.5. The molecule has 2 N–H and O–H groups in total. The van der Waals surface area contributed by atoms with Crippen molar-refractivity contribution >= 4 is 45.8 Å². The van der Waals surface area contributed by atoms with Crippen LogP contribution in [0.2, 0.25) is 0 Å². The number of benzene rings is 2. The fourth-order valence-electron chi connectivity index (χ4n) is 1.86. The van der Waals surface area contributed by atoms with Gasteiger partial charge in [-0.25, -0.2) is 0 Å². The van der Waals surface area contributed by atoms with E-state index >= 15 is 0 Å². The van der Waals surface area contributed by atoms with E-state index in [0.29, 0.717) is 23.4 Å². The molecule has 0 aliphatic carbocycles. The first-order valence-corrected chi connectivity index (χ1v) is 8.05. The number of nitrogens with one attached hydrogen (secondary N) is 2. The number of aryl methyl sites for hydroxylation is 1. The summed E-state index contributed by atoms with van der Waals surface area (Å²) < 4.78 is 1.05. The van der Waals surface area contributed by atoms with Gasteiger partial charge >= 0.3 is 0 Å². The minimum Gasteiger partial charge on any atom is -0.326 e. The second-order valence-electron chi connectivity index (χ2n) is 4.90. The number of anilines is 2. The Labute approximate surface area is 143 Å². The normalized spacial score (nSPS) is 10.1.